The third-order valence-electron chi connectivity index (χ3n) is 1.63. The van der Waals surface area contributed by atoms with Crippen LogP contribution >= 0.6 is 11.6 Å². The van der Waals surface area contributed by atoms with E-state index in [4.69, 9.17) is 11.6 Å². The summed E-state index contributed by atoms with van der Waals surface area (Å²) in [5, 5.41) is 20.2. The van der Waals surface area contributed by atoms with Gasteiger partial charge in [0, 0.05) is 16.7 Å². The first kappa shape index (κ1) is 10.5. The SMILES string of the molecule is C/C=C/c1cc(Cl)cc([N+](=O)[O-])c1O. The van der Waals surface area contributed by atoms with Gasteiger partial charge in [-0.3, -0.25) is 10.1 Å². The number of phenols is 1. The van der Waals surface area contributed by atoms with Gasteiger partial charge in [0.05, 0.1) is 4.92 Å². The number of hydrogen-bond donors (Lipinski definition) is 1. The number of nitrogens with zero attached hydrogens (tertiary/aromatic N) is 1. The fraction of sp³-hybridized carbons (Fsp3) is 0.111. The molecule has 0 radical (unpaired) electrons. The molecule has 0 saturated carbocycles. The summed E-state index contributed by atoms with van der Waals surface area (Å²) in [5.41, 5.74) is -0.0442. The van der Waals surface area contributed by atoms with Gasteiger partial charge in [0.25, 0.3) is 0 Å². The van der Waals surface area contributed by atoms with E-state index in [0.717, 1.165) is 6.07 Å². The van der Waals surface area contributed by atoms with Crippen molar-refractivity contribution in [3.63, 3.8) is 0 Å². The third-order valence-corrected chi connectivity index (χ3v) is 1.85. The normalized spacial score (nSPS) is 10.7. The van der Waals surface area contributed by atoms with E-state index in [1.807, 2.05) is 0 Å². The molecule has 74 valence electrons. The second-order valence-corrected chi connectivity index (χ2v) is 3.06. The largest absolute Gasteiger partial charge is 0.502 e. The van der Waals surface area contributed by atoms with Crippen LogP contribution in [0.15, 0.2) is 18.2 Å². The van der Waals surface area contributed by atoms with Gasteiger partial charge in [-0.2, -0.15) is 0 Å². The van der Waals surface area contributed by atoms with Gasteiger partial charge in [-0.05, 0) is 13.0 Å². The van der Waals surface area contributed by atoms with E-state index in [1.54, 1.807) is 19.1 Å². The van der Waals surface area contributed by atoms with E-state index in [2.05, 4.69) is 0 Å². The van der Waals surface area contributed by atoms with Crippen LogP contribution in [0.3, 0.4) is 0 Å². The van der Waals surface area contributed by atoms with Crippen LogP contribution in [0.25, 0.3) is 6.08 Å². The minimum atomic E-state index is -0.672. The molecular weight excluding hydrogens is 206 g/mol. The Bertz CT molecular complexity index is 401. The number of aromatic hydroxyl groups is 1. The fourth-order valence-corrected chi connectivity index (χ4v) is 1.27. The molecule has 1 rings (SSSR count). The minimum absolute atomic E-state index is 0.225. The molecule has 5 heteroatoms. The first-order valence-corrected chi connectivity index (χ1v) is 4.23. The Balaban J connectivity index is 3.39. The molecule has 0 atom stereocenters. The van der Waals surface area contributed by atoms with Crippen LogP contribution < -0.4 is 0 Å². The number of halogens is 1. The Kier molecular flexibility index (Phi) is 3.09. The second kappa shape index (κ2) is 4.11. The van der Waals surface area contributed by atoms with Crippen molar-refractivity contribution in [2.24, 2.45) is 0 Å². The number of allylic oxidation sites excluding steroid dienone is 1. The molecule has 0 aliphatic heterocycles. The highest BCUT2D eigenvalue weighted by Gasteiger charge is 2.16. The lowest BCUT2D eigenvalue weighted by Gasteiger charge is -2.01. The Morgan fingerprint density at radius 3 is 2.71 bits per heavy atom. The zero-order chi connectivity index (χ0) is 10.7. The van der Waals surface area contributed by atoms with Gasteiger partial charge in [-0.25, -0.2) is 0 Å². The maximum atomic E-state index is 10.5. The molecule has 0 bridgehead atoms. The summed E-state index contributed by atoms with van der Waals surface area (Å²) in [5.74, 6) is -0.363. The molecule has 0 aromatic heterocycles. The van der Waals surface area contributed by atoms with Crippen LogP contribution in [0, 0.1) is 10.1 Å². The van der Waals surface area contributed by atoms with Crippen molar-refractivity contribution in [1.29, 1.82) is 0 Å². The molecule has 1 N–H and O–H groups in total. The third kappa shape index (κ3) is 2.03. The van der Waals surface area contributed by atoms with Crippen LogP contribution in [0.4, 0.5) is 5.69 Å². The van der Waals surface area contributed by atoms with Crippen molar-refractivity contribution in [1.82, 2.24) is 0 Å². The van der Waals surface area contributed by atoms with E-state index in [0.29, 0.717) is 5.56 Å². The molecule has 0 heterocycles. The Morgan fingerprint density at radius 2 is 2.21 bits per heavy atom. The van der Waals surface area contributed by atoms with Gasteiger partial charge < -0.3 is 5.11 Å². The summed E-state index contributed by atoms with van der Waals surface area (Å²) in [7, 11) is 0. The number of hydrogen-bond acceptors (Lipinski definition) is 3. The zero-order valence-electron chi connectivity index (χ0n) is 7.40. The number of rotatable bonds is 2. The van der Waals surface area contributed by atoms with Crippen molar-refractivity contribution >= 4 is 23.4 Å². The summed E-state index contributed by atoms with van der Waals surface area (Å²) < 4.78 is 0. The summed E-state index contributed by atoms with van der Waals surface area (Å²) in [6, 6.07) is 2.58. The zero-order valence-corrected chi connectivity index (χ0v) is 8.15. The summed E-state index contributed by atoms with van der Waals surface area (Å²) >= 11 is 5.65. The van der Waals surface area contributed by atoms with E-state index in [1.165, 1.54) is 6.07 Å². The van der Waals surface area contributed by atoms with E-state index < -0.39 is 4.92 Å². The van der Waals surface area contributed by atoms with E-state index in [9.17, 15) is 15.2 Å². The highest BCUT2D eigenvalue weighted by Crippen LogP contribution is 2.33. The molecule has 1 aromatic carbocycles. The smallest absolute Gasteiger partial charge is 0.312 e. The summed E-state index contributed by atoms with van der Waals surface area (Å²) in [4.78, 5) is 9.82. The van der Waals surface area contributed by atoms with Gasteiger partial charge in [-0.15, -0.1) is 0 Å². The molecule has 0 aliphatic rings. The number of phenolic OH excluding ortho intramolecular Hbond substituents is 1. The van der Waals surface area contributed by atoms with E-state index in [-0.39, 0.29) is 16.5 Å². The molecule has 0 amide bonds. The lowest BCUT2D eigenvalue weighted by atomic mass is 10.1. The van der Waals surface area contributed by atoms with Crippen LogP contribution in [0.5, 0.6) is 5.75 Å². The maximum absolute atomic E-state index is 10.5. The first-order valence-electron chi connectivity index (χ1n) is 3.86. The Labute approximate surface area is 85.6 Å². The monoisotopic (exact) mass is 213 g/mol. The molecule has 0 spiro atoms. The molecule has 4 nitrogen and oxygen atoms in total. The van der Waals surface area contributed by atoms with Crippen molar-refractivity contribution < 1.29 is 10.0 Å². The molecule has 0 saturated heterocycles. The molecule has 0 aliphatic carbocycles. The number of benzene rings is 1. The van der Waals surface area contributed by atoms with Crippen molar-refractivity contribution in [2.75, 3.05) is 0 Å². The molecular formula is C9H8ClNO3. The highest BCUT2D eigenvalue weighted by molar-refractivity contribution is 6.31. The van der Waals surface area contributed by atoms with Crippen molar-refractivity contribution in [3.05, 3.63) is 38.9 Å². The fourth-order valence-electron chi connectivity index (χ4n) is 1.05. The average molecular weight is 214 g/mol. The summed E-state index contributed by atoms with van der Waals surface area (Å²) in [6.07, 6.45) is 3.21. The van der Waals surface area contributed by atoms with Crippen LogP contribution in [0.1, 0.15) is 12.5 Å². The lowest BCUT2D eigenvalue weighted by Crippen LogP contribution is -1.90. The topological polar surface area (TPSA) is 63.4 Å². The van der Waals surface area contributed by atoms with Gasteiger partial charge in [0.15, 0.2) is 0 Å². The van der Waals surface area contributed by atoms with Crippen LogP contribution in [-0.2, 0) is 0 Å². The minimum Gasteiger partial charge on any atom is -0.502 e. The maximum Gasteiger partial charge on any atom is 0.312 e. The predicted molar refractivity (Wildman–Crippen MR) is 54.5 cm³/mol. The van der Waals surface area contributed by atoms with Gasteiger partial charge in [0.1, 0.15) is 0 Å². The highest BCUT2D eigenvalue weighted by atomic mass is 35.5. The van der Waals surface area contributed by atoms with Gasteiger partial charge >= 0.3 is 5.69 Å². The average Bonchev–Trinajstić information content (AvgIpc) is 2.10. The van der Waals surface area contributed by atoms with Gasteiger partial charge in [-0.1, -0.05) is 23.8 Å². The molecule has 1 aromatic rings. The van der Waals surface area contributed by atoms with Gasteiger partial charge in [0.2, 0.25) is 5.75 Å². The Hall–Kier alpha value is -1.55. The van der Waals surface area contributed by atoms with Crippen molar-refractivity contribution in [2.45, 2.75) is 6.92 Å². The van der Waals surface area contributed by atoms with Crippen molar-refractivity contribution in [3.8, 4) is 5.75 Å². The standard InChI is InChI=1S/C9H8ClNO3/c1-2-3-6-4-7(10)5-8(9(6)12)11(13)14/h2-5,12H,1H3/b3-2+. The molecule has 0 unspecified atom stereocenters. The quantitative estimate of drug-likeness (QED) is 0.607. The predicted octanol–water partition coefficient (Wildman–Crippen LogP) is 2.99. The molecule has 14 heavy (non-hydrogen) atoms. The van der Waals surface area contributed by atoms with Crippen LogP contribution in [-0.4, -0.2) is 10.0 Å². The summed E-state index contributed by atoms with van der Waals surface area (Å²) in [6.45, 7) is 1.74. The number of nitro benzene ring substituents is 1. The Morgan fingerprint density at radius 1 is 1.57 bits per heavy atom. The molecule has 0 fully saturated rings. The van der Waals surface area contributed by atoms with E-state index >= 15 is 0 Å². The lowest BCUT2D eigenvalue weighted by molar-refractivity contribution is -0.385. The first-order chi connectivity index (χ1) is 6.56. The second-order valence-electron chi connectivity index (χ2n) is 2.62. The number of nitro groups is 1. The van der Waals surface area contributed by atoms with Crippen LogP contribution in [0.2, 0.25) is 5.02 Å².